The molecule has 0 aromatic heterocycles. The summed E-state index contributed by atoms with van der Waals surface area (Å²) < 4.78 is 5.53. The van der Waals surface area contributed by atoms with Crippen LogP contribution in [0.25, 0.3) is 0 Å². The van der Waals surface area contributed by atoms with E-state index >= 15 is 0 Å². The van der Waals surface area contributed by atoms with Gasteiger partial charge < -0.3 is 4.74 Å². The van der Waals surface area contributed by atoms with Crippen LogP contribution in [0.4, 0.5) is 0 Å². The molecule has 0 aromatic carbocycles. The number of ether oxygens (including phenoxy) is 1. The fourth-order valence-electron chi connectivity index (χ4n) is 2.64. The summed E-state index contributed by atoms with van der Waals surface area (Å²) >= 11 is 0. The minimum atomic E-state index is -0.362. The lowest BCUT2D eigenvalue weighted by atomic mass is 10.1. The molecule has 2 unspecified atom stereocenters. The second kappa shape index (κ2) is 5.39. The molecule has 0 amide bonds. The predicted molar refractivity (Wildman–Crippen MR) is 78.0 cm³/mol. The number of esters is 1. The second-order valence-corrected chi connectivity index (χ2v) is 6.33. The molecule has 20 heavy (non-hydrogen) atoms. The Hall–Kier alpha value is -1.64. The maximum Gasteiger partial charge on any atom is 0.310 e. The van der Waals surface area contributed by atoms with Crippen LogP contribution in [0.5, 0.6) is 0 Å². The standard InChI is InChI=1S/C17H22O3/c1-5-6-7-8-12-11(2)15(9-14(12)18)20-16(19)13-10-17(13,3)4/h5-7,13,15H,1,8-10H2,2-4H3/b7-6+. The molecule has 0 bridgehead atoms. The fourth-order valence-corrected chi connectivity index (χ4v) is 2.64. The summed E-state index contributed by atoms with van der Waals surface area (Å²) in [6.07, 6.45) is 6.80. The lowest BCUT2D eigenvalue weighted by Gasteiger charge is -2.13. The molecule has 2 aliphatic carbocycles. The highest BCUT2D eigenvalue weighted by Crippen LogP contribution is 2.52. The highest BCUT2D eigenvalue weighted by atomic mass is 16.5. The molecule has 0 heterocycles. The zero-order valence-electron chi connectivity index (χ0n) is 12.4. The number of carbonyl (C=O) groups excluding carboxylic acids is 2. The van der Waals surface area contributed by atoms with Gasteiger partial charge in [-0.1, -0.05) is 38.7 Å². The SMILES string of the molecule is C=C/C=C/CC1=C(C)C(OC(=O)C2CC2(C)C)CC1=O. The van der Waals surface area contributed by atoms with E-state index in [1.54, 1.807) is 6.08 Å². The van der Waals surface area contributed by atoms with Crippen LogP contribution in [0.3, 0.4) is 0 Å². The maximum atomic E-state index is 12.0. The van der Waals surface area contributed by atoms with Gasteiger partial charge in [0.1, 0.15) is 6.10 Å². The van der Waals surface area contributed by atoms with Gasteiger partial charge in [-0.05, 0) is 30.8 Å². The van der Waals surface area contributed by atoms with Crippen LogP contribution < -0.4 is 0 Å². The zero-order valence-corrected chi connectivity index (χ0v) is 12.4. The summed E-state index contributed by atoms with van der Waals surface area (Å²) in [5.74, 6) is -0.0748. The number of allylic oxidation sites excluding steroid dienone is 4. The molecule has 2 atom stereocenters. The molecule has 3 heteroatoms. The number of hydrogen-bond donors (Lipinski definition) is 0. The Morgan fingerprint density at radius 1 is 1.50 bits per heavy atom. The third-order valence-electron chi connectivity index (χ3n) is 4.32. The Morgan fingerprint density at radius 3 is 2.70 bits per heavy atom. The highest BCUT2D eigenvalue weighted by Gasteiger charge is 2.52. The van der Waals surface area contributed by atoms with E-state index in [-0.39, 0.29) is 29.2 Å². The second-order valence-electron chi connectivity index (χ2n) is 6.33. The van der Waals surface area contributed by atoms with E-state index in [2.05, 4.69) is 20.4 Å². The van der Waals surface area contributed by atoms with Gasteiger partial charge in [-0.25, -0.2) is 0 Å². The van der Waals surface area contributed by atoms with Crippen LogP contribution in [0.15, 0.2) is 36.0 Å². The summed E-state index contributed by atoms with van der Waals surface area (Å²) in [5, 5.41) is 0. The average molecular weight is 274 g/mol. The topological polar surface area (TPSA) is 43.4 Å². The van der Waals surface area contributed by atoms with Crippen molar-refractivity contribution in [3.8, 4) is 0 Å². The molecule has 0 aromatic rings. The lowest BCUT2D eigenvalue weighted by Crippen LogP contribution is -2.20. The highest BCUT2D eigenvalue weighted by molar-refractivity contribution is 6.00. The molecule has 0 saturated heterocycles. The molecule has 1 fully saturated rings. The van der Waals surface area contributed by atoms with Gasteiger partial charge in [-0.2, -0.15) is 0 Å². The van der Waals surface area contributed by atoms with Crippen molar-refractivity contribution in [2.75, 3.05) is 0 Å². The zero-order chi connectivity index (χ0) is 14.9. The van der Waals surface area contributed by atoms with Gasteiger partial charge >= 0.3 is 5.97 Å². The molecular weight excluding hydrogens is 252 g/mol. The Morgan fingerprint density at radius 2 is 2.15 bits per heavy atom. The summed E-state index contributed by atoms with van der Waals surface area (Å²) in [7, 11) is 0. The fraction of sp³-hybridized carbons (Fsp3) is 0.529. The van der Waals surface area contributed by atoms with E-state index in [1.165, 1.54) is 0 Å². The van der Waals surface area contributed by atoms with Crippen LogP contribution in [0.2, 0.25) is 0 Å². The Balaban J connectivity index is 2.00. The van der Waals surface area contributed by atoms with Gasteiger partial charge in [-0.15, -0.1) is 0 Å². The molecule has 0 N–H and O–H groups in total. The largest absolute Gasteiger partial charge is 0.457 e. The first-order valence-corrected chi connectivity index (χ1v) is 7.07. The minimum Gasteiger partial charge on any atom is -0.457 e. The van der Waals surface area contributed by atoms with E-state index in [1.807, 2.05) is 19.1 Å². The van der Waals surface area contributed by atoms with Gasteiger partial charge in [0, 0.05) is 5.57 Å². The van der Waals surface area contributed by atoms with Crippen molar-refractivity contribution in [1.82, 2.24) is 0 Å². The molecular formula is C17H22O3. The van der Waals surface area contributed by atoms with Crippen LogP contribution in [-0.4, -0.2) is 17.9 Å². The van der Waals surface area contributed by atoms with Gasteiger partial charge in [0.25, 0.3) is 0 Å². The van der Waals surface area contributed by atoms with Gasteiger partial charge in [-0.3, -0.25) is 9.59 Å². The van der Waals surface area contributed by atoms with Gasteiger partial charge in [0.2, 0.25) is 0 Å². The number of Topliss-reactive ketones (excluding diaryl/α,β-unsaturated/α-hetero) is 1. The average Bonchev–Trinajstić information content (AvgIpc) is 2.94. The Kier molecular flexibility index (Phi) is 3.98. The summed E-state index contributed by atoms with van der Waals surface area (Å²) in [6, 6.07) is 0. The number of carbonyl (C=O) groups is 2. The van der Waals surface area contributed by atoms with Crippen LogP contribution in [-0.2, 0) is 14.3 Å². The lowest BCUT2D eigenvalue weighted by molar-refractivity contribution is -0.150. The van der Waals surface area contributed by atoms with E-state index in [9.17, 15) is 9.59 Å². The van der Waals surface area contributed by atoms with E-state index in [0.717, 1.165) is 17.6 Å². The smallest absolute Gasteiger partial charge is 0.310 e. The predicted octanol–water partition coefficient (Wildman–Crippen LogP) is 3.37. The van der Waals surface area contributed by atoms with Crippen molar-refractivity contribution >= 4 is 11.8 Å². The van der Waals surface area contributed by atoms with Crippen molar-refractivity contribution in [2.45, 2.75) is 46.1 Å². The van der Waals surface area contributed by atoms with Crippen LogP contribution in [0.1, 0.15) is 40.0 Å². The number of hydrogen-bond acceptors (Lipinski definition) is 3. The molecule has 2 rings (SSSR count). The third kappa shape index (κ3) is 2.92. The number of ketones is 1. The summed E-state index contributed by atoms with van der Waals surface area (Å²) in [6.45, 7) is 9.61. The first-order valence-electron chi connectivity index (χ1n) is 7.07. The molecule has 1 saturated carbocycles. The first-order chi connectivity index (χ1) is 9.36. The van der Waals surface area contributed by atoms with Crippen molar-refractivity contribution in [2.24, 2.45) is 11.3 Å². The maximum absolute atomic E-state index is 12.0. The van der Waals surface area contributed by atoms with E-state index in [4.69, 9.17) is 4.74 Å². The van der Waals surface area contributed by atoms with Crippen molar-refractivity contribution in [3.63, 3.8) is 0 Å². The third-order valence-corrected chi connectivity index (χ3v) is 4.32. The molecule has 2 aliphatic rings. The van der Waals surface area contributed by atoms with Crippen molar-refractivity contribution in [1.29, 1.82) is 0 Å². The van der Waals surface area contributed by atoms with Crippen molar-refractivity contribution in [3.05, 3.63) is 36.0 Å². The van der Waals surface area contributed by atoms with Gasteiger partial charge in [0.05, 0.1) is 12.3 Å². The minimum absolute atomic E-state index is 0.00452. The molecule has 0 aliphatic heterocycles. The Labute approximate surface area is 120 Å². The number of rotatable bonds is 5. The van der Waals surface area contributed by atoms with E-state index in [0.29, 0.717) is 12.8 Å². The molecule has 3 nitrogen and oxygen atoms in total. The molecule has 0 spiro atoms. The quantitative estimate of drug-likeness (QED) is 0.570. The van der Waals surface area contributed by atoms with E-state index < -0.39 is 0 Å². The van der Waals surface area contributed by atoms with Gasteiger partial charge in [0.15, 0.2) is 5.78 Å². The van der Waals surface area contributed by atoms with Crippen molar-refractivity contribution < 1.29 is 14.3 Å². The summed E-state index contributed by atoms with van der Waals surface area (Å²) in [4.78, 5) is 24.0. The normalized spacial score (nSPS) is 28.1. The van der Waals surface area contributed by atoms with Crippen LogP contribution >= 0.6 is 0 Å². The molecule has 0 radical (unpaired) electrons. The Bertz CT molecular complexity index is 508. The monoisotopic (exact) mass is 274 g/mol. The van der Waals surface area contributed by atoms with Crippen LogP contribution in [0, 0.1) is 11.3 Å². The summed E-state index contributed by atoms with van der Waals surface area (Å²) in [5.41, 5.74) is 1.74. The first kappa shape index (κ1) is 14.8. The molecule has 108 valence electrons.